The van der Waals surface area contributed by atoms with E-state index >= 15 is 0 Å². The number of fused-ring (bicyclic) bond motifs is 3. The van der Waals surface area contributed by atoms with E-state index in [0.717, 1.165) is 29.3 Å². The third-order valence-electron chi connectivity index (χ3n) is 5.27. The van der Waals surface area contributed by atoms with E-state index in [2.05, 4.69) is 22.2 Å². The molecule has 2 N–H and O–H groups in total. The van der Waals surface area contributed by atoms with Crippen LogP contribution in [-0.2, 0) is 0 Å². The Kier molecular flexibility index (Phi) is 3.00. The minimum absolute atomic E-state index is 0.0569. The van der Waals surface area contributed by atoms with Gasteiger partial charge in [0, 0.05) is 35.2 Å². The Balaban J connectivity index is 1.51. The molecule has 4 nitrogen and oxygen atoms in total. The summed E-state index contributed by atoms with van der Waals surface area (Å²) in [5, 5.41) is 4.25. The van der Waals surface area contributed by atoms with Crippen molar-refractivity contribution < 1.29 is 4.79 Å². The maximum atomic E-state index is 12.6. The largest absolute Gasteiger partial charge is 0.360 e. The van der Waals surface area contributed by atoms with Crippen molar-refractivity contribution in [2.45, 2.75) is 43.8 Å². The molecule has 110 valence electrons. The number of aromatic nitrogens is 1. The monoisotopic (exact) mass is 283 g/mol. The Bertz CT molecular complexity index is 663. The number of piperidine rings is 1. The molecule has 4 heteroatoms. The zero-order valence-corrected chi connectivity index (χ0v) is 12.3. The van der Waals surface area contributed by atoms with Gasteiger partial charge in [-0.2, -0.15) is 0 Å². The van der Waals surface area contributed by atoms with Crippen LogP contribution in [0.5, 0.6) is 0 Å². The van der Waals surface area contributed by atoms with Crippen LogP contribution in [0.3, 0.4) is 0 Å². The van der Waals surface area contributed by atoms with Crippen molar-refractivity contribution in [2.75, 3.05) is 7.05 Å². The van der Waals surface area contributed by atoms with Gasteiger partial charge in [0.25, 0.3) is 5.91 Å². The number of rotatable bonds is 2. The second-order valence-electron chi connectivity index (χ2n) is 6.44. The molecule has 2 aromatic rings. The minimum Gasteiger partial charge on any atom is -0.360 e. The number of nitrogens with one attached hydrogen (secondary N) is 2. The molecular weight excluding hydrogens is 262 g/mol. The van der Waals surface area contributed by atoms with E-state index in [0.29, 0.717) is 18.1 Å². The van der Waals surface area contributed by atoms with Gasteiger partial charge in [-0.1, -0.05) is 18.2 Å². The highest BCUT2D eigenvalue weighted by atomic mass is 16.1. The van der Waals surface area contributed by atoms with Crippen LogP contribution in [0.2, 0.25) is 0 Å². The van der Waals surface area contributed by atoms with Gasteiger partial charge in [0.05, 0.1) is 5.56 Å². The smallest absolute Gasteiger partial charge is 0.253 e. The third-order valence-corrected chi connectivity index (χ3v) is 5.27. The van der Waals surface area contributed by atoms with Gasteiger partial charge in [-0.3, -0.25) is 4.79 Å². The zero-order chi connectivity index (χ0) is 14.4. The molecule has 3 heterocycles. The maximum Gasteiger partial charge on any atom is 0.253 e. The van der Waals surface area contributed by atoms with Gasteiger partial charge in [0.2, 0.25) is 0 Å². The molecule has 0 radical (unpaired) electrons. The highest BCUT2D eigenvalue weighted by Crippen LogP contribution is 2.34. The molecule has 2 bridgehead atoms. The van der Waals surface area contributed by atoms with E-state index in [1.54, 1.807) is 0 Å². The fourth-order valence-corrected chi connectivity index (χ4v) is 4.05. The van der Waals surface area contributed by atoms with E-state index in [4.69, 9.17) is 0 Å². The second-order valence-corrected chi connectivity index (χ2v) is 6.44. The predicted molar refractivity (Wildman–Crippen MR) is 83.4 cm³/mol. The molecule has 4 rings (SSSR count). The molecule has 21 heavy (non-hydrogen) atoms. The van der Waals surface area contributed by atoms with Crippen LogP contribution in [0.4, 0.5) is 0 Å². The molecular formula is C17H21N3O. The molecule has 0 spiro atoms. The normalized spacial score (nSPS) is 28.9. The van der Waals surface area contributed by atoms with Crippen molar-refractivity contribution in [1.82, 2.24) is 15.2 Å². The topological polar surface area (TPSA) is 48.1 Å². The fraction of sp³-hybridized carbons (Fsp3) is 0.471. The van der Waals surface area contributed by atoms with Gasteiger partial charge < -0.3 is 15.2 Å². The van der Waals surface area contributed by atoms with E-state index < -0.39 is 0 Å². The summed E-state index contributed by atoms with van der Waals surface area (Å²) >= 11 is 0. The highest BCUT2D eigenvalue weighted by molar-refractivity contribution is 6.06. The summed E-state index contributed by atoms with van der Waals surface area (Å²) < 4.78 is 0. The summed E-state index contributed by atoms with van der Waals surface area (Å²) in [5.74, 6) is 0.0569. The van der Waals surface area contributed by atoms with Crippen molar-refractivity contribution in [3.63, 3.8) is 0 Å². The van der Waals surface area contributed by atoms with Crippen molar-refractivity contribution in [2.24, 2.45) is 0 Å². The van der Waals surface area contributed by atoms with Crippen molar-refractivity contribution >= 4 is 16.8 Å². The highest BCUT2D eigenvalue weighted by Gasteiger charge is 2.38. The number of para-hydroxylation sites is 1. The lowest BCUT2D eigenvalue weighted by atomic mass is 9.97. The SMILES string of the molecule is CN1C2CCC1CC(NC(=O)c1c[nH]c3ccccc13)C2. The van der Waals surface area contributed by atoms with Crippen LogP contribution in [0.1, 0.15) is 36.0 Å². The van der Waals surface area contributed by atoms with E-state index in [-0.39, 0.29) is 5.91 Å². The number of nitrogens with zero attached hydrogens (tertiary/aromatic N) is 1. The van der Waals surface area contributed by atoms with Crippen molar-refractivity contribution in [3.8, 4) is 0 Å². The first-order valence-corrected chi connectivity index (χ1v) is 7.81. The van der Waals surface area contributed by atoms with Gasteiger partial charge in [-0.15, -0.1) is 0 Å². The molecule has 2 unspecified atom stereocenters. The quantitative estimate of drug-likeness (QED) is 0.889. The number of aromatic amines is 1. The van der Waals surface area contributed by atoms with Crippen LogP contribution >= 0.6 is 0 Å². The van der Waals surface area contributed by atoms with Gasteiger partial charge in [0.1, 0.15) is 0 Å². The summed E-state index contributed by atoms with van der Waals surface area (Å²) in [5.41, 5.74) is 1.78. The van der Waals surface area contributed by atoms with Crippen LogP contribution in [0.25, 0.3) is 10.9 Å². The first-order valence-electron chi connectivity index (χ1n) is 7.81. The molecule has 2 aliphatic rings. The summed E-state index contributed by atoms with van der Waals surface area (Å²) in [6, 6.07) is 9.58. The average molecular weight is 283 g/mol. The van der Waals surface area contributed by atoms with Gasteiger partial charge in [-0.05, 0) is 38.8 Å². The van der Waals surface area contributed by atoms with E-state index in [9.17, 15) is 4.79 Å². The molecule has 1 aromatic heterocycles. The lowest BCUT2D eigenvalue weighted by Crippen LogP contribution is -2.48. The molecule has 1 aromatic carbocycles. The Morgan fingerprint density at radius 3 is 2.71 bits per heavy atom. The zero-order valence-electron chi connectivity index (χ0n) is 12.3. The molecule has 2 aliphatic heterocycles. The fourth-order valence-electron chi connectivity index (χ4n) is 4.05. The Labute approximate surface area is 124 Å². The summed E-state index contributed by atoms with van der Waals surface area (Å²) in [4.78, 5) is 18.2. The number of carbonyl (C=O) groups is 1. The van der Waals surface area contributed by atoms with Crippen LogP contribution < -0.4 is 5.32 Å². The number of H-pyrrole nitrogens is 1. The average Bonchev–Trinajstić information content (AvgIpc) is 2.98. The maximum absolute atomic E-state index is 12.6. The summed E-state index contributed by atoms with van der Waals surface area (Å²) in [6.07, 6.45) is 6.55. The van der Waals surface area contributed by atoms with E-state index in [1.165, 1.54) is 12.8 Å². The number of amides is 1. The number of hydrogen-bond acceptors (Lipinski definition) is 2. The van der Waals surface area contributed by atoms with Crippen LogP contribution in [-0.4, -0.2) is 41.0 Å². The number of benzene rings is 1. The van der Waals surface area contributed by atoms with Gasteiger partial charge in [0.15, 0.2) is 0 Å². The first-order chi connectivity index (χ1) is 10.2. The molecule has 2 atom stereocenters. The lowest BCUT2D eigenvalue weighted by molar-refractivity contribution is 0.0884. The predicted octanol–water partition coefficient (Wildman–Crippen LogP) is 2.52. The molecule has 0 aliphatic carbocycles. The van der Waals surface area contributed by atoms with Crippen molar-refractivity contribution in [1.29, 1.82) is 0 Å². The summed E-state index contributed by atoms with van der Waals surface area (Å²) in [7, 11) is 2.22. The van der Waals surface area contributed by atoms with E-state index in [1.807, 2.05) is 30.5 Å². The Morgan fingerprint density at radius 1 is 1.24 bits per heavy atom. The minimum atomic E-state index is 0.0569. The molecule has 2 fully saturated rings. The molecule has 2 saturated heterocycles. The van der Waals surface area contributed by atoms with Crippen molar-refractivity contribution in [3.05, 3.63) is 36.0 Å². The van der Waals surface area contributed by atoms with Gasteiger partial charge in [-0.25, -0.2) is 0 Å². The summed E-state index contributed by atoms with van der Waals surface area (Å²) in [6.45, 7) is 0. The van der Waals surface area contributed by atoms with Gasteiger partial charge >= 0.3 is 0 Å². The van der Waals surface area contributed by atoms with Crippen LogP contribution in [0, 0.1) is 0 Å². The lowest BCUT2D eigenvalue weighted by Gasteiger charge is -2.36. The molecule has 1 amide bonds. The number of hydrogen-bond donors (Lipinski definition) is 2. The number of carbonyl (C=O) groups excluding carboxylic acids is 1. The molecule has 0 saturated carbocycles. The first kappa shape index (κ1) is 12.9. The third kappa shape index (κ3) is 2.14. The second kappa shape index (κ2) is 4.88. The van der Waals surface area contributed by atoms with Crippen LogP contribution in [0.15, 0.2) is 30.5 Å². The Morgan fingerprint density at radius 2 is 1.95 bits per heavy atom. The Hall–Kier alpha value is -1.81. The standard InChI is InChI=1S/C17H21N3O/c1-20-12-6-7-13(20)9-11(8-12)19-17(21)15-10-18-16-5-3-2-4-14(15)16/h2-5,10-13,18H,6-9H2,1H3,(H,19,21).